The number of amides is 4. The van der Waals surface area contributed by atoms with E-state index in [-0.39, 0.29) is 5.01 Å². The number of hydrazine groups is 1. The second-order valence-corrected chi connectivity index (χ2v) is 12.2. The molecule has 6 N–H and O–H groups in total. The molecule has 0 bridgehead atoms. The van der Waals surface area contributed by atoms with Crippen LogP contribution in [-0.2, 0) is 32.0 Å². The van der Waals surface area contributed by atoms with E-state index in [2.05, 4.69) is 25.1 Å². The average molecular weight is 734 g/mol. The second kappa shape index (κ2) is 19.0. The molecule has 52 heavy (non-hydrogen) atoms. The molecular weight excluding hydrogens is 668 g/mol. The van der Waals surface area contributed by atoms with Crippen LogP contribution in [-0.4, -0.2) is 95.8 Å². The summed E-state index contributed by atoms with van der Waals surface area (Å²) < 4.78 is 121. The van der Waals surface area contributed by atoms with Crippen LogP contribution in [0, 0.1) is 10.8 Å². The Morgan fingerprint density at radius 1 is 0.846 bits per heavy atom. The third-order valence-corrected chi connectivity index (χ3v) is 7.62. The Bertz CT molecular complexity index is 2060. The minimum atomic E-state index is -4.20. The molecule has 0 spiro atoms. The Morgan fingerprint density at radius 2 is 1.46 bits per heavy atom. The van der Waals surface area contributed by atoms with E-state index in [9.17, 15) is 34.9 Å². The molecule has 0 radical (unpaired) electrons. The molecule has 0 saturated heterocycles. The number of carbonyl (C=O) groups is 4. The van der Waals surface area contributed by atoms with Gasteiger partial charge in [-0.1, -0.05) is 95.1 Å². The highest BCUT2D eigenvalue weighted by atomic mass is 16.5. The summed E-state index contributed by atoms with van der Waals surface area (Å²) in [5.74, 6) is -3.23. The zero-order chi connectivity index (χ0) is 49.6. The number of alkyl carbamates (subject to hydrolysis) is 2. The van der Waals surface area contributed by atoms with Crippen molar-refractivity contribution in [2.24, 2.45) is 10.8 Å². The minimum Gasteiger partial charge on any atom is -0.453 e. The Hall–Kier alpha value is -5.05. The molecule has 2 aromatic carbocycles. The van der Waals surface area contributed by atoms with Crippen LogP contribution in [0.5, 0.6) is 0 Å². The molecule has 0 unspecified atom stereocenters. The first-order valence-corrected chi connectivity index (χ1v) is 15.8. The molecule has 1 aromatic heterocycles. The van der Waals surface area contributed by atoms with Crippen LogP contribution < -0.4 is 21.4 Å². The smallest absolute Gasteiger partial charge is 0.407 e. The first kappa shape index (κ1) is 25.8. The number of aliphatic hydroxyl groups is 2. The number of aliphatic hydroxyl groups excluding tert-OH is 2. The predicted molar refractivity (Wildman–Crippen MR) is 195 cm³/mol. The number of carbonyl (C=O) groups excluding carboxylic acids is 4. The number of hydrogen-bond donors (Lipinski definition) is 6. The Kier molecular flexibility index (Phi) is 9.43. The molecule has 0 fully saturated rings. The number of pyridine rings is 1. The summed E-state index contributed by atoms with van der Waals surface area (Å²) in [5, 5.41) is 28.5. The van der Waals surface area contributed by atoms with Gasteiger partial charge in [-0.3, -0.25) is 20.0 Å². The summed E-state index contributed by atoms with van der Waals surface area (Å²) in [6.07, 6.45) is -4.49. The van der Waals surface area contributed by atoms with Gasteiger partial charge in [0, 0.05) is 45.2 Å². The lowest BCUT2D eigenvalue weighted by molar-refractivity contribution is -0.132. The van der Waals surface area contributed by atoms with Gasteiger partial charge in [0.15, 0.2) is 0 Å². The van der Waals surface area contributed by atoms with Gasteiger partial charge in [0.05, 0.1) is 41.4 Å². The molecule has 4 amide bonds. The normalized spacial score (nSPS) is 18.9. The Morgan fingerprint density at radius 3 is 2.02 bits per heavy atom. The second-order valence-electron chi connectivity index (χ2n) is 12.2. The van der Waals surface area contributed by atoms with Gasteiger partial charge in [-0.05, 0) is 35.1 Å². The molecule has 0 aliphatic heterocycles. The van der Waals surface area contributed by atoms with E-state index >= 15 is 0 Å². The summed E-state index contributed by atoms with van der Waals surface area (Å²) in [6, 6.07) is 11.0. The van der Waals surface area contributed by atoms with E-state index in [4.69, 9.17) is 12.3 Å². The van der Waals surface area contributed by atoms with Gasteiger partial charge in [0.2, 0.25) is 5.91 Å². The number of aromatic nitrogens is 1. The summed E-state index contributed by atoms with van der Waals surface area (Å²) >= 11 is 0. The summed E-state index contributed by atoms with van der Waals surface area (Å²) in [4.78, 5) is 58.0. The van der Waals surface area contributed by atoms with Crippen molar-refractivity contribution in [3.63, 3.8) is 0 Å². The highest BCUT2D eigenvalue weighted by molar-refractivity contribution is 5.87. The highest BCUT2D eigenvalue weighted by Crippen LogP contribution is 2.23. The molecule has 14 nitrogen and oxygen atoms in total. The van der Waals surface area contributed by atoms with E-state index in [0.717, 1.165) is 19.2 Å². The summed E-state index contributed by atoms with van der Waals surface area (Å²) in [6.45, 7) is -17.6. The van der Waals surface area contributed by atoms with Crippen molar-refractivity contribution in [2.45, 2.75) is 71.6 Å². The molecule has 14 heteroatoms. The fourth-order valence-electron chi connectivity index (χ4n) is 4.67. The van der Waals surface area contributed by atoms with Crippen molar-refractivity contribution >= 4 is 24.0 Å². The number of hydrogen-bond acceptors (Lipinski definition) is 10. The van der Waals surface area contributed by atoms with Crippen LogP contribution in [0.25, 0.3) is 11.3 Å². The van der Waals surface area contributed by atoms with E-state index < -0.39 is 111 Å². The van der Waals surface area contributed by atoms with Crippen molar-refractivity contribution in [2.75, 3.05) is 27.3 Å². The maximum atomic E-state index is 14.6. The van der Waals surface area contributed by atoms with Crippen molar-refractivity contribution in [1.82, 2.24) is 31.4 Å². The minimum absolute atomic E-state index is 0.177. The van der Waals surface area contributed by atoms with Crippen molar-refractivity contribution in [1.29, 1.82) is 0 Å². The number of nitrogens with zero attached hydrogens (tertiary/aromatic N) is 2. The van der Waals surface area contributed by atoms with Gasteiger partial charge in [0.1, 0.15) is 12.1 Å². The highest BCUT2D eigenvalue weighted by Gasteiger charge is 2.39. The monoisotopic (exact) mass is 733 g/mol. The molecule has 3 rings (SSSR count). The fraction of sp³-hybridized carbons (Fsp3) is 0.447. The molecule has 4 atom stereocenters. The molecular formula is C38H52N6O8. The Labute approximate surface area is 323 Å². The van der Waals surface area contributed by atoms with Crippen LogP contribution in [0.2, 0.25) is 0 Å². The van der Waals surface area contributed by atoms with Crippen LogP contribution in [0.3, 0.4) is 0 Å². The summed E-state index contributed by atoms with van der Waals surface area (Å²) in [5.41, 5.74) is -3.16. The quantitative estimate of drug-likeness (QED) is 0.119. The standard InChI is InChI=1S/C38H52N6O8/c1-37(2,3)31(41-35(49)51-6)34(48)43-44(22-26-16-18-27(19-17-26)28-15-11-12-20-39-28)23-30(46)29(21-25-13-9-8-10-14-25)40-33(47)32(38(4,5)24-45)42-36(50)52-7/h8-20,29-32,45-46H,21-24H2,1-7H3,(H,40,47)(H,41,49)(H,42,50)(H,43,48)/t29-,30-,31+,32+/m0/s1/i1D3,2D3,3D3,22D2,23D2. The lowest BCUT2D eigenvalue weighted by atomic mass is 9.84. The van der Waals surface area contributed by atoms with Gasteiger partial charge in [0.25, 0.3) is 5.91 Å². The lowest BCUT2D eigenvalue weighted by Crippen LogP contribution is -2.61. The van der Waals surface area contributed by atoms with E-state index in [1.54, 1.807) is 47.1 Å². The molecule has 3 aromatic rings. The van der Waals surface area contributed by atoms with Crippen molar-refractivity contribution < 1.29 is 56.7 Å². The maximum absolute atomic E-state index is 14.6. The third-order valence-electron chi connectivity index (χ3n) is 7.62. The van der Waals surface area contributed by atoms with Gasteiger partial charge in [-0.15, -0.1) is 0 Å². The van der Waals surface area contributed by atoms with Crippen molar-refractivity contribution in [3.8, 4) is 11.3 Å². The van der Waals surface area contributed by atoms with Crippen LogP contribution in [0.15, 0.2) is 79.0 Å². The predicted octanol–water partition coefficient (Wildman–Crippen LogP) is 3.18. The zero-order valence-corrected chi connectivity index (χ0v) is 29.0. The maximum Gasteiger partial charge on any atom is 0.407 e. The molecule has 0 aliphatic rings. The van der Waals surface area contributed by atoms with Gasteiger partial charge < -0.3 is 35.6 Å². The van der Waals surface area contributed by atoms with E-state index in [1.165, 1.54) is 44.3 Å². The summed E-state index contributed by atoms with van der Waals surface area (Å²) in [7, 11) is 1.72. The average Bonchev–Trinajstić information content (AvgIpc) is 3.22. The van der Waals surface area contributed by atoms with Gasteiger partial charge in [-0.2, -0.15) is 0 Å². The van der Waals surface area contributed by atoms with Crippen LogP contribution in [0.1, 0.15) is 63.3 Å². The molecule has 282 valence electrons. The number of methoxy groups -OCH3 is 2. The van der Waals surface area contributed by atoms with Crippen LogP contribution >= 0.6 is 0 Å². The number of ether oxygens (including phenoxy) is 2. The van der Waals surface area contributed by atoms with Gasteiger partial charge in [-0.25, -0.2) is 14.6 Å². The van der Waals surface area contributed by atoms with Gasteiger partial charge >= 0.3 is 12.2 Å². The first-order chi connectivity index (χ1) is 29.8. The van der Waals surface area contributed by atoms with E-state index in [0.29, 0.717) is 23.9 Å². The molecule has 1 heterocycles. The number of benzene rings is 2. The topological polar surface area (TPSA) is 191 Å². The third kappa shape index (κ3) is 12.3. The Balaban J connectivity index is 2.38. The molecule has 0 saturated carbocycles. The van der Waals surface area contributed by atoms with Crippen molar-refractivity contribution in [3.05, 3.63) is 90.1 Å². The number of rotatable bonds is 16. The lowest BCUT2D eigenvalue weighted by Gasteiger charge is -2.36. The fourth-order valence-corrected chi connectivity index (χ4v) is 4.67. The molecule has 0 aliphatic carbocycles. The number of nitrogens with one attached hydrogen (secondary N) is 4. The largest absolute Gasteiger partial charge is 0.453 e. The zero-order valence-electron chi connectivity index (χ0n) is 42.0. The first-order valence-electron chi connectivity index (χ1n) is 22.3. The van der Waals surface area contributed by atoms with E-state index in [1.807, 2.05) is 0 Å². The SMILES string of the molecule is [2H]C([2H])(c1ccc(-c2ccccn2)cc1)N(NC(=O)[C@@H](NC(=O)OC)C(C([2H])([2H])[2H])(C([2H])([2H])[2H])C([2H])([2H])[2H])C([2H])([2H])[C@H](O)[C@H](Cc1ccccc1)NC(=O)[C@@H](NC(=O)OC)C(C)(C)CO. The van der Waals surface area contributed by atoms with Crippen LogP contribution in [0.4, 0.5) is 9.59 Å².